The molecule has 5 heteroatoms. The molecule has 0 aliphatic carbocycles. The van der Waals surface area contributed by atoms with Gasteiger partial charge in [0, 0.05) is 12.8 Å². The van der Waals surface area contributed by atoms with Gasteiger partial charge in [0.2, 0.25) is 0 Å². The topological polar surface area (TPSA) is 72.8 Å². The summed E-state index contributed by atoms with van der Waals surface area (Å²) in [5, 5.41) is 9.49. The van der Waals surface area contributed by atoms with Crippen LogP contribution in [-0.2, 0) is 19.1 Å². The van der Waals surface area contributed by atoms with Gasteiger partial charge >= 0.3 is 11.9 Å². The second-order valence-corrected chi connectivity index (χ2v) is 11.6. The van der Waals surface area contributed by atoms with E-state index >= 15 is 0 Å². The van der Waals surface area contributed by atoms with Gasteiger partial charge in [-0.3, -0.25) is 9.59 Å². The number of aliphatic hydroxyl groups is 1. The van der Waals surface area contributed by atoms with Gasteiger partial charge in [0.05, 0.1) is 6.61 Å². The molecule has 0 aliphatic rings. The Labute approximate surface area is 248 Å². The molecule has 0 bridgehead atoms. The first-order chi connectivity index (χ1) is 19.6. The molecule has 236 valence electrons. The summed E-state index contributed by atoms with van der Waals surface area (Å²) in [5.41, 5.74) is 0. The van der Waals surface area contributed by atoms with Crippen molar-refractivity contribution in [3.8, 4) is 0 Å². The van der Waals surface area contributed by atoms with Gasteiger partial charge in [0.25, 0.3) is 0 Å². The Balaban J connectivity index is 3.55. The molecule has 0 spiro atoms. The van der Waals surface area contributed by atoms with Crippen molar-refractivity contribution in [2.45, 2.75) is 187 Å². The van der Waals surface area contributed by atoms with Crippen molar-refractivity contribution in [2.24, 2.45) is 0 Å². The van der Waals surface area contributed by atoms with Crippen LogP contribution in [-0.4, -0.2) is 36.4 Å². The SMILES string of the molecule is CCCCCCCC/C=C\CCCCCCCCCC(=O)O[C@@H](CO)COC(=O)CCCCCCCCCCC. The van der Waals surface area contributed by atoms with Crippen LogP contribution in [0.3, 0.4) is 0 Å². The number of allylic oxidation sites excluding steroid dienone is 2. The third-order valence-electron chi connectivity index (χ3n) is 7.56. The third-order valence-corrected chi connectivity index (χ3v) is 7.56. The largest absolute Gasteiger partial charge is 0.462 e. The van der Waals surface area contributed by atoms with Crippen molar-refractivity contribution in [3.63, 3.8) is 0 Å². The molecule has 0 unspecified atom stereocenters. The molecule has 0 aromatic heterocycles. The van der Waals surface area contributed by atoms with E-state index in [1.54, 1.807) is 0 Å². The van der Waals surface area contributed by atoms with Gasteiger partial charge in [0.15, 0.2) is 6.10 Å². The number of ether oxygens (including phenoxy) is 2. The Hall–Kier alpha value is -1.36. The van der Waals surface area contributed by atoms with Crippen LogP contribution >= 0.6 is 0 Å². The third kappa shape index (κ3) is 29.6. The van der Waals surface area contributed by atoms with Crippen LogP contribution in [0.1, 0.15) is 181 Å². The van der Waals surface area contributed by atoms with Gasteiger partial charge in [-0.2, -0.15) is 0 Å². The van der Waals surface area contributed by atoms with E-state index in [2.05, 4.69) is 26.0 Å². The molecule has 1 atom stereocenters. The predicted octanol–water partition coefficient (Wildman–Crippen LogP) is 10.2. The lowest BCUT2D eigenvalue weighted by Crippen LogP contribution is -2.28. The van der Waals surface area contributed by atoms with Crippen molar-refractivity contribution >= 4 is 11.9 Å². The van der Waals surface area contributed by atoms with Crippen molar-refractivity contribution in [1.29, 1.82) is 0 Å². The minimum absolute atomic E-state index is 0.0628. The minimum Gasteiger partial charge on any atom is -0.462 e. The normalized spacial score (nSPS) is 12.2. The number of esters is 2. The summed E-state index contributed by atoms with van der Waals surface area (Å²) in [6.45, 7) is 4.10. The Morgan fingerprint density at radius 3 is 1.35 bits per heavy atom. The lowest BCUT2D eigenvalue weighted by atomic mass is 10.1. The van der Waals surface area contributed by atoms with Crippen molar-refractivity contribution in [2.75, 3.05) is 13.2 Å². The van der Waals surface area contributed by atoms with Crippen LogP contribution in [0, 0.1) is 0 Å². The molecular weight excluding hydrogens is 500 g/mol. The molecule has 0 amide bonds. The van der Waals surface area contributed by atoms with E-state index in [9.17, 15) is 14.7 Å². The fourth-order valence-electron chi connectivity index (χ4n) is 4.90. The Morgan fingerprint density at radius 1 is 0.550 bits per heavy atom. The Bertz CT molecular complexity index is 574. The number of hydrogen-bond donors (Lipinski definition) is 1. The highest BCUT2D eigenvalue weighted by Gasteiger charge is 2.16. The quantitative estimate of drug-likeness (QED) is 0.0513. The van der Waals surface area contributed by atoms with E-state index in [-0.39, 0.29) is 25.2 Å². The maximum absolute atomic E-state index is 12.1. The minimum atomic E-state index is -0.764. The lowest BCUT2D eigenvalue weighted by molar-refractivity contribution is -0.161. The maximum Gasteiger partial charge on any atom is 0.306 e. The average molecular weight is 567 g/mol. The summed E-state index contributed by atoms with van der Waals surface area (Å²) in [6.07, 6.45) is 34.1. The van der Waals surface area contributed by atoms with E-state index < -0.39 is 6.10 Å². The smallest absolute Gasteiger partial charge is 0.306 e. The van der Waals surface area contributed by atoms with Gasteiger partial charge in [-0.05, 0) is 38.5 Å². The molecule has 0 aromatic carbocycles. The molecule has 0 rings (SSSR count). The average Bonchev–Trinajstić information content (AvgIpc) is 2.96. The van der Waals surface area contributed by atoms with Crippen LogP contribution in [0.25, 0.3) is 0 Å². The van der Waals surface area contributed by atoms with Crippen LogP contribution in [0.4, 0.5) is 0 Å². The zero-order valence-corrected chi connectivity index (χ0v) is 26.6. The Morgan fingerprint density at radius 2 is 0.925 bits per heavy atom. The summed E-state index contributed by atoms with van der Waals surface area (Å²) >= 11 is 0. The van der Waals surface area contributed by atoms with E-state index in [0.717, 1.165) is 38.5 Å². The van der Waals surface area contributed by atoms with E-state index in [1.807, 2.05) is 0 Å². The zero-order valence-electron chi connectivity index (χ0n) is 26.6. The first-order valence-electron chi connectivity index (χ1n) is 17.2. The van der Waals surface area contributed by atoms with Crippen LogP contribution < -0.4 is 0 Å². The summed E-state index contributed by atoms with van der Waals surface area (Å²) in [7, 11) is 0. The number of aliphatic hydroxyl groups excluding tert-OH is 1. The van der Waals surface area contributed by atoms with Crippen LogP contribution in [0.2, 0.25) is 0 Å². The number of unbranched alkanes of at least 4 members (excludes halogenated alkanes) is 21. The zero-order chi connectivity index (χ0) is 29.4. The summed E-state index contributed by atoms with van der Waals surface area (Å²) in [6, 6.07) is 0. The van der Waals surface area contributed by atoms with Gasteiger partial charge in [-0.25, -0.2) is 0 Å². The first kappa shape index (κ1) is 38.6. The highest BCUT2D eigenvalue weighted by molar-refractivity contribution is 5.70. The summed E-state index contributed by atoms with van der Waals surface area (Å²) in [4.78, 5) is 24.0. The van der Waals surface area contributed by atoms with Gasteiger partial charge in [0.1, 0.15) is 6.61 Å². The Kier molecular flexibility index (Phi) is 31.1. The fraction of sp³-hybridized carbons (Fsp3) is 0.886. The highest BCUT2D eigenvalue weighted by atomic mass is 16.6. The maximum atomic E-state index is 12.1. The predicted molar refractivity (Wildman–Crippen MR) is 168 cm³/mol. The molecule has 1 N–H and O–H groups in total. The summed E-state index contributed by atoms with van der Waals surface area (Å²) in [5.74, 6) is -0.594. The molecule has 40 heavy (non-hydrogen) atoms. The van der Waals surface area contributed by atoms with Crippen molar-refractivity contribution in [1.82, 2.24) is 0 Å². The number of carbonyl (C=O) groups excluding carboxylic acids is 2. The van der Waals surface area contributed by atoms with E-state index in [0.29, 0.717) is 12.8 Å². The van der Waals surface area contributed by atoms with Gasteiger partial charge < -0.3 is 14.6 Å². The molecule has 0 saturated carbocycles. The molecule has 0 aromatic rings. The lowest BCUT2D eigenvalue weighted by Gasteiger charge is -2.15. The molecule has 0 fully saturated rings. The fourth-order valence-corrected chi connectivity index (χ4v) is 4.90. The molecule has 0 aliphatic heterocycles. The van der Waals surface area contributed by atoms with Gasteiger partial charge in [-0.15, -0.1) is 0 Å². The van der Waals surface area contributed by atoms with Gasteiger partial charge in [-0.1, -0.05) is 142 Å². The van der Waals surface area contributed by atoms with Crippen LogP contribution in [0.5, 0.6) is 0 Å². The standard InChI is InChI=1S/C35H66O5/c1-3-5-7-9-11-13-14-15-16-17-18-19-20-22-24-26-28-30-35(38)40-33(31-36)32-39-34(37)29-27-25-23-21-12-10-8-6-4-2/h15-16,33,36H,3-14,17-32H2,1-2H3/b16-15-/t33-/m0/s1. The highest BCUT2D eigenvalue weighted by Crippen LogP contribution is 2.13. The summed E-state index contributed by atoms with van der Waals surface area (Å²) < 4.78 is 10.5. The van der Waals surface area contributed by atoms with E-state index in [1.165, 1.54) is 116 Å². The first-order valence-corrected chi connectivity index (χ1v) is 17.2. The molecule has 0 heterocycles. The van der Waals surface area contributed by atoms with Crippen molar-refractivity contribution in [3.05, 3.63) is 12.2 Å². The van der Waals surface area contributed by atoms with Crippen LogP contribution in [0.15, 0.2) is 12.2 Å². The van der Waals surface area contributed by atoms with Crippen molar-refractivity contribution < 1.29 is 24.2 Å². The number of hydrogen-bond acceptors (Lipinski definition) is 5. The number of rotatable bonds is 31. The van der Waals surface area contributed by atoms with E-state index in [4.69, 9.17) is 9.47 Å². The molecule has 0 radical (unpaired) electrons. The number of carbonyl (C=O) groups is 2. The monoisotopic (exact) mass is 566 g/mol. The second-order valence-electron chi connectivity index (χ2n) is 11.6. The molecule has 5 nitrogen and oxygen atoms in total. The molecular formula is C35H66O5. The molecule has 0 saturated heterocycles. The second kappa shape index (κ2) is 32.2.